The molecule has 1 aromatic heterocycles. The van der Waals surface area contributed by atoms with Gasteiger partial charge in [0.2, 0.25) is 0 Å². The number of aliphatic hydroxyl groups excluding tert-OH is 1. The van der Waals surface area contributed by atoms with Crippen LogP contribution in [0.25, 0.3) is 11.4 Å². The number of hydrogen-bond donors (Lipinski definition) is 3. The molecule has 3 rings (SSSR count). The Hall–Kier alpha value is -2.14. The Morgan fingerprint density at radius 3 is 2.71 bits per heavy atom. The number of aliphatic hydroxyl groups is 1. The van der Waals surface area contributed by atoms with Gasteiger partial charge in [-0.1, -0.05) is 36.8 Å². The molecule has 110 valence electrons. The van der Waals surface area contributed by atoms with E-state index in [1.165, 1.54) is 0 Å². The molecule has 0 radical (unpaired) electrons. The van der Waals surface area contributed by atoms with Crippen molar-refractivity contribution < 1.29 is 9.90 Å². The molecule has 1 fully saturated rings. The predicted octanol–water partition coefficient (Wildman–Crippen LogP) is 1.97. The molecular formula is C16H19N3O2. The number of nitrogens with one attached hydrogen (secondary N) is 2. The first kappa shape index (κ1) is 13.8. The molecule has 21 heavy (non-hydrogen) atoms. The van der Waals surface area contributed by atoms with Crippen molar-refractivity contribution in [2.45, 2.75) is 19.3 Å². The molecule has 5 nitrogen and oxygen atoms in total. The fourth-order valence-corrected chi connectivity index (χ4v) is 2.61. The molecule has 0 spiro atoms. The lowest BCUT2D eigenvalue weighted by atomic mass is 9.69. The van der Waals surface area contributed by atoms with E-state index in [9.17, 15) is 9.90 Å². The van der Waals surface area contributed by atoms with Crippen LogP contribution < -0.4 is 5.32 Å². The predicted molar refractivity (Wildman–Crippen MR) is 79.7 cm³/mol. The van der Waals surface area contributed by atoms with Crippen LogP contribution in [-0.2, 0) is 0 Å². The third kappa shape index (κ3) is 2.83. The number of aromatic nitrogens is 2. The first-order valence-electron chi connectivity index (χ1n) is 7.22. The van der Waals surface area contributed by atoms with Crippen molar-refractivity contribution in [2.75, 3.05) is 13.2 Å². The molecule has 1 aliphatic carbocycles. The molecule has 0 aliphatic heterocycles. The van der Waals surface area contributed by atoms with Crippen LogP contribution in [0.5, 0.6) is 0 Å². The first-order valence-corrected chi connectivity index (χ1v) is 7.22. The summed E-state index contributed by atoms with van der Waals surface area (Å²) in [6.45, 7) is 0.646. The molecule has 1 heterocycles. The van der Waals surface area contributed by atoms with Gasteiger partial charge < -0.3 is 15.4 Å². The van der Waals surface area contributed by atoms with Crippen LogP contribution in [0.1, 0.15) is 29.8 Å². The summed E-state index contributed by atoms with van der Waals surface area (Å²) >= 11 is 0. The minimum absolute atomic E-state index is 0.113. The number of amides is 1. The normalized spacial score (nSPS) is 16.2. The Labute approximate surface area is 123 Å². The zero-order valence-electron chi connectivity index (χ0n) is 11.8. The van der Waals surface area contributed by atoms with E-state index < -0.39 is 0 Å². The van der Waals surface area contributed by atoms with E-state index in [0.29, 0.717) is 18.1 Å². The summed E-state index contributed by atoms with van der Waals surface area (Å²) in [5.74, 6) is 0.505. The molecule has 0 saturated heterocycles. The molecule has 1 amide bonds. The average molecular weight is 285 g/mol. The second-order valence-electron chi connectivity index (χ2n) is 5.71. The lowest BCUT2D eigenvalue weighted by Crippen LogP contribution is -2.44. The zero-order chi connectivity index (χ0) is 14.7. The quantitative estimate of drug-likeness (QED) is 0.786. The highest BCUT2D eigenvalue weighted by Crippen LogP contribution is 2.39. The Kier molecular flexibility index (Phi) is 3.75. The van der Waals surface area contributed by atoms with Crippen LogP contribution in [0.4, 0.5) is 0 Å². The standard InChI is InChI=1S/C16H19N3O2/c20-11-16(7-4-8-16)10-18-15(21)13-9-17-14(19-13)12-5-2-1-3-6-12/h1-3,5-6,9,20H,4,7-8,10-11H2,(H,17,19)(H,18,21). The van der Waals surface area contributed by atoms with Crippen molar-refractivity contribution in [1.82, 2.24) is 15.3 Å². The van der Waals surface area contributed by atoms with E-state index in [0.717, 1.165) is 24.8 Å². The Morgan fingerprint density at radius 2 is 2.10 bits per heavy atom. The number of imidazole rings is 1. The van der Waals surface area contributed by atoms with Gasteiger partial charge in [0.15, 0.2) is 0 Å². The third-order valence-electron chi connectivity index (χ3n) is 4.24. The maximum atomic E-state index is 12.1. The summed E-state index contributed by atoms with van der Waals surface area (Å²) in [5, 5.41) is 12.3. The Bertz CT molecular complexity index is 612. The molecule has 0 bridgehead atoms. The van der Waals surface area contributed by atoms with E-state index in [2.05, 4.69) is 15.3 Å². The number of H-pyrrole nitrogens is 1. The maximum absolute atomic E-state index is 12.1. The van der Waals surface area contributed by atoms with Gasteiger partial charge in [-0.15, -0.1) is 0 Å². The highest BCUT2D eigenvalue weighted by Gasteiger charge is 2.36. The molecule has 0 unspecified atom stereocenters. The maximum Gasteiger partial charge on any atom is 0.269 e. The molecule has 3 N–H and O–H groups in total. The molecule has 5 heteroatoms. The van der Waals surface area contributed by atoms with Crippen LogP contribution in [0, 0.1) is 5.41 Å². The van der Waals surface area contributed by atoms with E-state index in [1.807, 2.05) is 30.3 Å². The van der Waals surface area contributed by atoms with Crippen molar-refractivity contribution in [3.8, 4) is 11.4 Å². The van der Waals surface area contributed by atoms with Crippen LogP contribution in [0.3, 0.4) is 0 Å². The minimum Gasteiger partial charge on any atom is -0.396 e. The van der Waals surface area contributed by atoms with Crippen molar-refractivity contribution in [3.63, 3.8) is 0 Å². The lowest BCUT2D eigenvalue weighted by molar-refractivity contribution is 0.0428. The average Bonchev–Trinajstić information content (AvgIpc) is 2.97. The summed E-state index contributed by atoms with van der Waals surface area (Å²) in [7, 11) is 0. The minimum atomic E-state index is -0.176. The molecule has 1 saturated carbocycles. The fourth-order valence-electron chi connectivity index (χ4n) is 2.61. The van der Waals surface area contributed by atoms with Gasteiger partial charge in [-0.05, 0) is 12.8 Å². The second kappa shape index (κ2) is 5.69. The monoisotopic (exact) mass is 285 g/mol. The van der Waals surface area contributed by atoms with Crippen LogP contribution in [-0.4, -0.2) is 34.1 Å². The van der Waals surface area contributed by atoms with E-state index >= 15 is 0 Å². The van der Waals surface area contributed by atoms with Gasteiger partial charge in [-0.25, -0.2) is 4.98 Å². The highest BCUT2D eigenvalue weighted by molar-refractivity contribution is 5.92. The number of carbonyl (C=O) groups is 1. The second-order valence-corrected chi connectivity index (χ2v) is 5.71. The van der Waals surface area contributed by atoms with Gasteiger partial charge in [0.05, 0.1) is 12.8 Å². The van der Waals surface area contributed by atoms with Gasteiger partial charge in [0.1, 0.15) is 11.5 Å². The summed E-state index contributed by atoms with van der Waals surface area (Å²) in [6.07, 6.45) is 4.62. The van der Waals surface area contributed by atoms with Crippen molar-refractivity contribution in [3.05, 3.63) is 42.2 Å². The summed E-state index contributed by atoms with van der Waals surface area (Å²) in [5.41, 5.74) is 1.28. The van der Waals surface area contributed by atoms with E-state index in [1.54, 1.807) is 6.20 Å². The van der Waals surface area contributed by atoms with Gasteiger partial charge in [-0.2, -0.15) is 0 Å². The third-order valence-corrected chi connectivity index (χ3v) is 4.24. The van der Waals surface area contributed by atoms with E-state index in [4.69, 9.17) is 0 Å². The molecule has 1 aliphatic rings. The van der Waals surface area contributed by atoms with Crippen molar-refractivity contribution >= 4 is 5.91 Å². The van der Waals surface area contributed by atoms with Gasteiger partial charge in [0, 0.05) is 17.5 Å². The highest BCUT2D eigenvalue weighted by atomic mass is 16.3. The first-order chi connectivity index (χ1) is 10.2. The molecular weight excluding hydrogens is 266 g/mol. The molecule has 1 aromatic carbocycles. The number of nitrogens with zero attached hydrogens (tertiary/aromatic N) is 1. The van der Waals surface area contributed by atoms with Crippen molar-refractivity contribution in [1.29, 1.82) is 0 Å². The smallest absolute Gasteiger partial charge is 0.269 e. The number of rotatable bonds is 5. The number of carbonyl (C=O) groups excluding carboxylic acids is 1. The van der Waals surface area contributed by atoms with Gasteiger partial charge >= 0.3 is 0 Å². The summed E-state index contributed by atoms with van der Waals surface area (Å²) in [4.78, 5) is 19.4. The van der Waals surface area contributed by atoms with E-state index in [-0.39, 0.29) is 17.9 Å². The fraction of sp³-hybridized carbons (Fsp3) is 0.375. The topological polar surface area (TPSA) is 78.0 Å². The van der Waals surface area contributed by atoms with Crippen molar-refractivity contribution in [2.24, 2.45) is 5.41 Å². The zero-order valence-corrected chi connectivity index (χ0v) is 11.8. The van der Waals surface area contributed by atoms with Crippen LogP contribution in [0.2, 0.25) is 0 Å². The number of benzene rings is 1. The SMILES string of the molecule is O=C(NCC1(CO)CCC1)c1cnc(-c2ccccc2)[nH]1. The Balaban J connectivity index is 1.64. The van der Waals surface area contributed by atoms with Gasteiger partial charge in [0.25, 0.3) is 5.91 Å². The summed E-state index contributed by atoms with van der Waals surface area (Å²) in [6, 6.07) is 9.68. The molecule has 0 atom stereocenters. The van der Waals surface area contributed by atoms with Gasteiger partial charge in [-0.3, -0.25) is 4.79 Å². The number of hydrogen-bond acceptors (Lipinski definition) is 3. The summed E-state index contributed by atoms with van der Waals surface area (Å²) < 4.78 is 0. The largest absolute Gasteiger partial charge is 0.396 e. The number of aromatic amines is 1. The van der Waals surface area contributed by atoms with Crippen LogP contribution >= 0.6 is 0 Å². The Morgan fingerprint density at radius 1 is 1.33 bits per heavy atom. The van der Waals surface area contributed by atoms with Crippen LogP contribution in [0.15, 0.2) is 36.5 Å². The molecule has 2 aromatic rings. The lowest BCUT2D eigenvalue weighted by Gasteiger charge is -2.40.